The van der Waals surface area contributed by atoms with Crippen molar-refractivity contribution in [3.05, 3.63) is 54.3 Å². The number of furan rings is 1. The van der Waals surface area contributed by atoms with E-state index in [1.54, 1.807) is 0 Å². The molecule has 3 rings (SSSR count). The van der Waals surface area contributed by atoms with Crippen LogP contribution in [0.3, 0.4) is 0 Å². The van der Waals surface area contributed by atoms with Crippen molar-refractivity contribution in [1.82, 2.24) is 0 Å². The third-order valence-electron chi connectivity index (χ3n) is 3.33. The van der Waals surface area contributed by atoms with Gasteiger partial charge in [0.15, 0.2) is 0 Å². The number of hydrogen-bond donors (Lipinski definition) is 1. The van der Waals surface area contributed by atoms with Gasteiger partial charge in [-0.05, 0) is 31.0 Å². The normalized spacial score (nSPS) is 11.0. The maximum atomic E-state index is 11.5. The topological polar surface area (TPSA) is 59.7 Å². The fourth-order valence-electron chi connectivity index (χ4n) is 2.48. The quantitative estimate of drug-likeness (QED) is 0.765. The predicted octanol–water partition coefficient (Wildman–Crippen LogP) is 4.59. The number of hydrogen-bond acceptors (Lipinski definition) is 3. The number of rotatable bonds is 4. The number of carboxylic acids is 1. The summed E-state index contributed by atoms with van der Waals surface area (Å²) in [6, 6.07) is 15.2. The van der Waals surface area contributed by atoms with Crippen molar-refractivity contribution in [2.24, 2.45) is 0 Å². The average Bonchev–Trinajstić information content (AvgIpc) is 2.86. The molecule has 22 heavy (non-hydrogen) atoms. The molecule has 1 aromatic heterocycles. The van der Waals surface area contributed by atoms with E-state index in [0.29, 0.717) is 10.8 Å². The van der Waals surface area contributed by atoms with Gasteiger partial charge in [-0.3, -0.25) is 0 Å². The van der Waals surface area contributed by atoms with Crippen LogP contribution in [0.25, 0.3) is 21.9 Å². The van der Waals surface area contributed by atoms with Gasteiger partial charge >= 0.3 is 5.97 Å². The lowest BCUT2D eigenvalue weighted by atomic mass is 9.99. The van der Waals surface area contributed by atoms with Crippen LogP contribution in [-0.4, -0.2) is 17.2 Å². The van der Waals surface area contributed by atoms with E-state index < -0.39 is 5.97 Å². The Labute approximate surface area is 127 Å². The molecule has 0 bridgehead atoms. The van der Waals surface area contributed by atoms with Crippen LogP contribution in [0.15, 0.2) is 52.9 Å². The Balaban J connectivity index is 2.31. The van der Waals surface area contributed by atoms with Gasteiger partial charge in [0.2, 0.25) is 5.76 Å². The molecule has 1 heterocycles. The molecule has 2 aromatic carbocycles. The van der Waals surface area contributed by atoms with E-state index in [4.69, 9.17) is 9.15 Å². The lowest BCUT2D eigenvalue weighted by molar-refractivity contribution is 0.0652. The largest absolute Gasteiger partial charge is 0.475 e. The summed E-state index contributed by atoms with van der Waals surface area (Å²) >= 11 is 0. The first-order valence-corrected chi connectivity index (χ1v) is 7.09. The summed E-state index contributed by atoms with van der Waals surface area (Å²) in [7, 11) is 0. The summed E-state index contributed by atoms with van der Waals surface area (Å²) in [6.07, 6.45) is -0.101. The van der Waals surface area contributed by atoms with Gasteiger partial charge in [-0.1, -0.05) is 42.5 Å². The minimum Gasteiger partial charge on any atom is -0.475 e. The van der Waals surface area contributed by atoms with Crippen molar-refractivity contribution in [2.75, 3.05) is 0 Å². The molecule has 3 aromatic rings. The van der Waals surface area contributed by atoms with Gasteiger partial charge in [0.05, 0.1) is 11.5 Å². The van der Waals surface area contributed by atoms with Gasteiger partial charge in [-0.15, -0.1) is 0 Å². The standard InChI is InChI=1S/C18H16O4/c1-11(2)21-18-14-10-6-9-13(12-7-4-3-5-8-12)15(14)16(22-18)17(19)20/h3-11H,1-2H3,(H,19,20). The molecule has 0 fully saturated rings. The van der Waals surface area contributed by atoms with E-state index in [1.807, 2.05) is 62.4 Å². The zero-order chi connectivity index (χ0) is 15.7. The number of carboxylic acid groups (broad SMARTS) is 1. The molecule has 0 aliphatic rings. The minimum atomic E-state index is -1.10. The first kappa shape index (κ1) is 14.2. The van der Waals surface area contributed by atoms with E-state index >= 15 is 0 Å². The van der Waals surface area contributed by atoms with Crippen LogP contribution in [0.5, 0.6) is 5.95 Å². The van der Waals surface area contributed by atoms with Gasteiger partial charge in [-0.25, -0.2) is 4.79 Å². The molecule has 0 amide bonds. The van der Waals surface area contributed by atoms with E-state index in [-0.39, 0.29) is 17.8 Å². The molecule has 0 unspecified atom stereocenters. The SMILES string of the molecule is CC(C)Oc1oc(C(=O)O)c2c(-c3ccccc3)cccc12. The molecule has 1 N–H and O–H groups in total. The number of aromatic carboxylic acids is 1. The maximum Gasteiger partial charge on any atom is 0.372 e. The van der Waals surface area contributed by atoms with Crippen molar-refractivity contribution in [2.45, 2.75) is 20.0 Å². The second kappa shape index (κ2) is 5.56. The molecule has 0 radical (unpaired) electrons. The van der Waals surface area contributed by atoms with Crippen LogP contribution in [0.4, 0.5) is 0 Å². The van der Waals surface area contributed by atoms with Crippen LogP contribution in [0.1, 0.15) is 24.4 Å². The molecule has 4 nitrogen and oxygen atoms in total. The Morgan fingerprint density at radius 3 is 2.45 bits per heavy atom. The van der Waals surface area contributed by atoms with E-state index in [1.165, 1.54) is 0 Å². The van der Waals surface area contributed by atoms with Crippen LogP contribution in [-0.2, 0) is 0 Å². The fraction of sp³-hybridized carbons (Fsp3) is 0.167. The first-order valence-electron chi connectivity index (χ1n) is 7.09. The second-order valence-electron chi connectivity index (χ2n) is 5.28. The van der Waals surface area contributed by atoms with Crippen molar-refractivity contribution in [1.29, 1.82) is 0 Å². The Kier molecular flexibility index (Phi) is 3.59. The second-order valence-corrected chi connectivity index (χ2v) is 5.28. The van der Waals surface area contributed by atoms with Crippen molar-refractivity contribution in [3.63, 3.8) is 0 Å². The summed E-state index contributed by atoms with van der Waals surface area (Å²) in [6.45, 7) is 3.74. The molecule has 112 valence electrons. The highest BCUT2D eigenvalue weighted by Crippen LogP contribution is 2.39. The molecule has 0 saturated carbocycles. The van der Waals surface area contributed by atoms with Crippen LogP contribution < -0.4 is 4.74 Å². The smallest absolute Gasteiger partial charge is 0.372 e. The summed E-state index contributed by atoms with van der Waals surface area (Å²) < 4.78 is 11.1. The Morgan fingerprint density at radius 2 is 1.82 bits per heavy atom. The average molecular weight is 296 g/mol. The highest BCUT2D eigenvalue weighted by Gasteiger charge is 2.23. The zero-order valence-electron chi connectivity index (χ0n) is 12.4. The fourth-order valence-corrected chi connectivity index (χ4v) is 2.48. The monoisotopic (exact) mass is 296 g/mol. The third-order valence-corrected chi connectivity index (χ3v) is 3.33. The maximum absolute atomic E-state index is 11.5. The number of fused-ring (bicyclic) bond motifs is 1. The van der Waals surface area contributed by atoms with Crippen molar-refractivity contribution < 1.29 is 19.1 Å². The van der Waals surface area contributed by atoms with Crippen molar-refractivity contribution >= 4 is 16.7 Å². The van der Waals surface area contributed by atoms with Crippen LogP contribution >= 0.6 is 0 Å². The summed E-state index contributed by atoms with van der Waals surface area (Å²) in [5.41, 5.74) is 1.75. The number of carbonyl (C=O) groups is 1. The Bertz CT molecular complexity index is 816. The van der Waals surface area contributed by atoms with Crippen molar-refractivity contribution in [3.8, 4) is 17.1 Å². The van der Waals surface area contributed by atoms with Gasteiger partial charge in [0.1, 0.15) is 0 Å². The molecule has 4 heteroatoms. The zero-order valence-corrected chi connectivity index (χ0v) is 12.4. The summed E-state index contributed by atoms with van der Waals surface area (Å²) in [4.78, 5) is 11.5. The number of ether oxygens (including phenoxy) is 1. The first-order chi connectivity index (χ1) is 10.6. The van der Waals surface area contributed by atoms with Gasteiger partial charge in [0.25, 0.3) is 5.95 Å². The lowest BCUT2D eigenvalue weighted by Crippen LogP contribution is -2.04. The minimum absolute atomic E-state index is 0.0925. The lowest BCUT2D eigenvalue weighted by Gasteiger charge is -2.06. The molecule has 0 aliphatic heterocycles. The van der Waals surface area contributed by atoms with E-state index in [2.05, 4.69) is 0 Å². The predicted molar refractivity (Wildman–Crippen MR) is 84.4 cm³/mol. The van der Waals surface area contributed by atoms with Gasteiger partial charge in [0, 0.05) is 5.39 Å². The molecule has 0 aliphatic carbocycles. The Hall–Kier alpha value is -2.75. The van der Waals surface area contributed by atoms with Gasteiger partial charge in [-0.2, -0.15) is 0 Å². The highest BCUT2D eigenvalue weighted by atomic mass is 16.6. The van der Waals surface area contributed by atoms with E-state index in [9.17, 15) is 9.90 Å². The molecule has 0 spiro atoms. The summed E-state index contributed by atoms with van der Waals surface area (Å²) in [5, 5.41) is 10.7. The molecule has 0 atom stereocenters. The Morgan fingerprint density at radius 1 is 1.09 bits per heavy atom. The van der Waals surface area contributed by atoms with E-state index in [0.717, 1.165) is 11.1 Å². The van der Waals surface area contributed by atoms with Crippen LogP contribution in [0, 0.1) is 0 Å². The molecular formula is C18H16O4. The van der Waals surface area contributed by atoms with Crippen LogP contribution in [0.2, 0.25) is 0 Å². The summed E-state index contributed by atoms with van der Waals surface area (Å²) in [5.74, 6) is -0.947. The third kappa shape index (κ3) is 2.44. The molecule has 0 saturated heterocycles. The highest BCUT2D eigenvalue weighted by molar-refractivity contribution is 6.10. The molecular weight excluding hydrogens is 280 g/mol. The van der Waals surface area contributed by atoms with Gasteiger partial charge < -0.3 is 14.3 Å². The number of benzene rings is 2.